The van der Waals surface area contributed by atoms with Crippen LogP contribution >= 0.6 is 0 Å². The molecule has 0 fully saturated rings. The van der Waals surface area contributed by atoms with E-state index in [1.807, 2.05) is 0 Å². The van der Waals surface area contributed by atoms with Crippen LogP contribution in [0.15, 0.2) is 5.16 Å². The first kappa shape index (κ1) is 10.8. The quantitative estimate of drug-likeness (QED) is 0.660. The Bertz CT molecular complexity index is 461. The van der Waals surface area contributed by atoms with Crippen molar-refractivity contribution in [2.75, 3.05) is 6.26 Å². The zero-order valence-corrected chi connectivity index (χ0v) is 9.00. The summed E-state index contributed by atoms with van der Waals surface area (Å²) in [6, 6.07) is 0. The monoisotopic (exact) mass is 217 g/mol. The second-order valence-electron chi connectivity index (χ2n) is 2.88. The highest BCUT2D eigenvalue weighted by atomic mass is 32.2. The van der Waals surface area contributed by atoms with E-state index in [1.165, 1.54) is 11.5 Å². The lowest BCUT2D eigenvalue weighted by molar-refractivity contribution is 0.0998. The van der Waals surface area contributed by atoms with E-state index in [-0.39, 0.29) is 16.8 Å². The van der Waals surface area contributed by atoms with Gasteiger partial charge in [-0.05, 0) is 6.92 Å². The van der Waals surface area contributed by atoms with E-state index < -0.39 is 9.84 Å². The van der Waals surface area contributed by atoms with Crippen molar-refractivity contribution >= 4 is 15.6 Å². The van der Waals surface area contributed by atoms with E-state index in [1.54, 1.807) is 6.92 Å². The summed E-state index contributed by atoms with van der Waals surface area (Å²) in [7, 11) is -3.42. The van der Waals surface area contributed by atoms with Gasteiger partial charge in [-0.2, -0.15) is 0 Å². The Hall–Kier alpha value is -1.24. The molecule has 1 aromatic heterocycles. The molecular formula is C7H11N3O3S. The number of Topliss-reactive ketones (excluding diaryl/α,β-unsaturated/α-hetero) is 1. The van der Waals surface area contributed by atoms with Crippen LogP contribution < -0.4 is 0 Å². The lowest BCUT2D eigenvalue weighted by atomic mass is 10.4. The summed E-state index contributed by atoms with van der Waals surface area (Å²) in [6.07, 6.45) is 1.03. The van der Waals surface area contributed by atoms with Gasteiger partial charge in [-0.25, -0.2) is 8.42 Å². The molecule has 6 nitrogen and oxygen atoms in total. The Kier molecular flexibility index (Phi) is 2.70. The number of carbonyl (C=O) groups is 1. The van der Waals surface area contributed by atoms with Gasteiger partial charge in [-0.1, -0.05) is 0 Å². The average Bonchev–Trinajstić information content (AvgIpc) is 2.45. The van der Waals surface area contributed by atoms with Crippen molar-refractivity contribution in [2.24, 2.45) is 0 Å². The van der Waals surface area contributed by atoms with Gasteiger partial charge in [0.2, 0.25) is 20.8 Å². The van der Waals surface area contributed by atoms with E-state index in [0.717, 1.165) is 6.26 Å². The third kappa shape index (κ3) is 1.82. The van der Waals surface area contributed by atoms with Crippen LogP contribution in [0.1, 0.15) is 24.5 Å². The second kappa shape index (κ2) is 3.49. The average molecular weight is 217 g/mol. The summed E-state index contributed by atoms with van der Waals surface area (Å²) in [5, 5.41) is 6.86. The summed E-state index contributed by atoms with van der Waals surface area (Å²) < 4.78 is 23.7. The van der Waals surface area contributed by atoms with Gasteiger partial charge in [-0.15, -0.1) is 10.2 Å². The van der Waals surface area contributed by atoms with Crippen LogP contribution in [0.5, 0.6) is 0 Å². The first-order valence-electron chi connectivity index (χ1n) is 4.02. The Morgan fingerprint density at radius 3 is 2.36 bits per heavy atom. The lowest BCUT2D eigenvalue weighted by Gasteiger charge is -2.02. The van der Waals surface area contributed by atoms with Gasteiger partial charge in [0, 0.05) is 19.7 Å². The van der Waals surface area contributed by atoms with Crippen LogP contribution in [-0.4, -0.2) is 35.2 Å². The fraction of sp³-hybridized carbons (Fsp3) is 0.571. The topological polar surface area (TPSA) is 81.9 Å². The van der Waals surface area contributed by atoms with Gasteiger partial charge < -0.3 is 0 Å². The van der Waals surface area contributed by atoms with Crippen molar-refractivity contribution in [2.45, 2.75) is 25.5 Å². The van der Waals surface area contributed by atoms with Gasteiger partial charge in [0.1, 0.15) is 0 Å². The van der Waals surface area contributed by atoms with Crippen molar-refractivity contribution in [3.8, 4) is 0 Å². The number of ketones is 1. The zero-order valence-electron chi connectivity index (χ0n) is 8.18. The van der Waals surface area contributed by atoms with Crippen molar-refractivity contribution < 1.29 is 13.2 Å². The molecule has 0 bridgehead atoms. The number of sulfone groups is 1. The van der Waals surface area contributed by atoms with Crippen molar-refractivity contribution in [3.05, 3.63) is 5.82 Å². The first-order valence-corrected chi connectivity index (χ1v) is 5.91. The molecule has 0 amide bonds. The highest BCUT2D eigenvalue weighted by Crippen LogP contribution is 2.08. The Balaban J connectivity index is 3.43. The van der Waals surface area contributed by atoms with Crippen LogP contribution in [0.25, 0.3) is 0 Å². The smallest absolute Gasteiger partial charge is 0.249 e. The van der Waals surface area contributed by atoms with Crippen LogP contribution in [0.4, 0.5) is 0 Å². The number of hydrogen-bond acceptors (Lipinski definition) is 5. The number of hydrogen-bond donors (Lipinski definition) is 0. The van der Waals surface area contributed by atoms with Crippen molar-refractivity contribution in [1.82, 2.24) is 14.8 Å². The van der Waals surface area contributed by atoms with Crippen molar-refractivity contribution in [3.63, 3.8) is 0 Å². The van der Waals surface area contributed by atoms with Gasteiger partial charge >= 0.3 is 0 Å². The Labute approximate surface area is 81.9 Å². The molecule has 1 heterocycles. The predicted octanol–water partition coefficient (Wildman–Crippen LogP) is -0.0959. The standard InChI is InChI=1S/C7H11N3O3S/c1-4-10-6(5(2)11)8-9-7(10)14(3,12)13/h4H2,1-3H3. The fourth-order valence-electron chi connectivity index (χ4n) is 1.11. The first-order chi connectivity index (χ1) is 6.38. The molecule has 1 aromatic rings. The minimum atomic E-state index is -3.42. The van der Waals surface area contributed by atoms with Crippen LogP contribution in [-0.2, 0) is 16.4 Å². The van der Waals surface area contributed by atoms with Crippen molar-refractivity contribution in [1.29, 1.82) is 0 Å². The molecule has 0 unspecified atom stereocenters. The molecule has 7 heteroatoms. The molecule has 0 atom stereocenters. The highest BCUT2D eigenvalue weighted by Gasteiger charge is 2.21. The summed E-state index contributed by atoms with van der Waals surface area (Å²) in [6.45, 7) is 3.40. The molecule has 0 N–H and O–H groups in total. The molecule has 78 valence electrons. The highest BCUT2D eigenvalue weighted by molar-refractivity contribution is 7.90. The van der Waals surface area contributed by atoms with E-state index in [2.05, 4.69) is 10.2 Å². The van der Waals surface area contributed by atoms with Gasteiger partial charge in [0.05, 0.1) is 0 Å². The predicted molar refractivity (Wildman–Crippen MR) is 48.8 cm³/mol. The molecule has 14 heavy (non-hydrogen) atoms. The molecule has 0 spiro atoms. The van der Waals surface area contributed by atoms with E-state index in [9.17, 15) is 13.2 Å². The molecule has 0 saturated carbocycles. The minimum absolute atomic E-state index is 0.0768. The summed E-state index contributed by atoms with van der Waals surface area (Å²) in [5.41, 5.74) is 0. The fourth-order valence-corrected chi connectivity index (χ4v) is 1.91. The maximum absolute atomic E-state index is 11.2. The maximum Gasteiger partial charge on any atom is 0.249 e. The summed E-state index contributed by atoms with van der Waals surface area (Å²) in [4.78, 5) is 11.0. The maximum atomic E-state index is 11.2. The van der Waals surface area contributed by atoms with Crippen LogP contribution in [0.3, 0.4) is 0 Å². The largest absolute Gasteiger partial charge is 0.296 e. The van der Waals surface area contributed by atoms with E-state index >= 15 is 0 Å². The number of aromatic nitrogens is 3. The Morgan fingerprint density at radius 2 is 2.00 bits per heavy atom. The molecule has 0 saturated heterocycles. The minimum Gasteiger partial charge on any atom is -0.296 e. The number of carbonyl (C=O) groups excluding carboxylic acids is 1. The molecule has 0 radical (unpaired) electrons. The summed E-state index contributed by atoms with van der Waals surface area (Å²) >= 11 is 0. The van der Waals surface area contributed by atoms with E-state index in [0.29, 0.717) is 6.54 Å². The van der Waals surface area contributed by atoms with Gasteiger partial charge in [0.25, 0.3) is 0 Å². The van der Waals surface area contributed by atoms with Gasteiger partial charge in [-0.3, -0.25) is 9.36 Å². The Morgan fingerprint density at radius 1 is 1.43 bits per heavy atom. The molecule has 0 aliphatic heterocycles. The van der Waals surface area contributed by atoms with Crippen LogP contribution in [0, 0.1) is 0 Å². The summed E-state index contributed by atoms with van der Waals surface area (Å²) in [5.74, 6) is -0.220. The lowest BCUT2D eigenvalue weighted by Crippen LogP contribution is -2.12. The van der Waals surface area contributed by atoms with Crippen LogP contribution in [0.2, 0.25) is 0 Å². The SMILES string of the molecule is CCn1c(C(C)=O)nnc1S(C)(=O)=O. The third-order valence-corrected chi connectivity index (χ3v) is 2.64. The molecule has 0 aromatic carbocycles. The number of nitrogens with zero attached hydrogens (tertiary/aromatic N) is 3. The second-order valence-corrected chi connectivity index (χ2v) is 4.79. The van der Waals surface area contributed by atoms with Gasteiger partial charge in [0.15, 0.2) is 5.78 Å². The third-order valence-electron chi connectivity index (χ3n) is 1.68. The molecule has 1 rings (SSSR count). The normalized spacial score (nSPS) is 11.6. The molecule has 0 aliphatic rings. The van der Waals surface area contributed by atoms with E-state index in [4.69, 9.17) is 0 Å². The number of rotatable bonds is 3. The molecule has 0 aliphatic carbocycles. The molecular weight excluding hydrogens is 206 g/mol. The zero-order chi connectivity index (χ0) is 10.9.